The second-order valence-corrected chi connectivity index (χ2v) is 0.771. The zero-order valence-electron chi connectivity index (χ0n) is 4.67. The largest absolute Gasteiger partial charge is 0.254 e. The third-order valence-electron chi connectivity index (χ3n) is 0.447. The third kappa shape index (κ3) is 2.52. The van der Waals surface area contributed by atoms with Gasteiger partial charge in [0.2, 0.25) is 0 Å². The molecule has 4 heteroatoms. The standard InChI is InChI=1S/C3H9NO3/c1-5-4(6-2)7-3/h1-3H3. The smallest absolute Gasteiger partial charge is 0.0758 e. The van der Waals surface area contributed by atoms with Crippen LogP contribution in [0.2, 0.25) is 0 Å². The van der Waals surface area contributed by atoms with Gasteiger partial charge in [0.25, 0.3) is 0 Å². The molecule has 44 valence electrons. The third-order valence-corrected chi connectivity index (χ3v) is 0.447. The molecule has 0 N–H and O–H groups in total. The van der Waals surface area contributed by atoms with Crippen LogP contribution in [-0.2, 0) is 14.5 Å². The molecular formula is C3H9NO3. The van der Waals surface area contributed by atoms with Crippen LogP contribution in [0.3, 0.4) is 0 Å². The molecule has 0 heterocycles. The van der Waals surface area contributed by atoms with Gasteiger partial charge in [-0.15, -0.1) is 0 Å². The lowest BCUT2D eigenvalue weighted by atomic mass is 11.7. The van der Waals surface area contributed by atoms with Crippen molar-refractivity contribution in [3.8, 4) is 0 Å². The monoisotopic (exact) mass is 107 g/mol. The van der Waals surface area contributed by atoms with Crippen molar-refractivity contribution >= 4 is 0 Å². The molecule has 0 atom stereocenters. The van der Waals surface area contributed by atoms with Crippen molar-refractivity contribution in [2.75, 3.05) is 21.3 Å². The maximum Gasteiger partial charge on any atom is 0.0758 e. The van der Waals surface area contributed by atoms with E-state index in [2.05, 4.69) is 14.5 Å². The first-order valence-electron chi connectivity index (χ1n) is 1.77. The molecule has 0 aliphatic carbocycles. The van der Waals surface area contributed by atoms with Crippen molar-refractivity contribution in [1.82, 2.24) is 5.39 Å². The fourth-order valence-electron chi connectivity index (χ4n) is 0.224. The van der Waals surface area contributed by atoms with Gasteiger partial charge in [0.05, 0.1) is 26.7 Å². The molecule has 0 bridgehead atoms. The SMILES string of the molecule is CON(OC)OC. The summed E-state index contributed by atoms with van der Waals surface area (Å²) in [5, 5.41) is 0.875. The van der Waals surface area contributed by atoms with Gasteiger partial charge < -0.3 is 0 Å². The normalized spacial score (nSPS) is 10.3. The van der Waals surface area contributed by atoms with E-state index in [9.17, 15) is 0 Å². The van der Waals surface area contributed by atoms with E-state index in [1.807, 2.05) is 0 Å². The Morgan fingerprint density at radius 3 is 1.14 bits per heavy atom. The molecule has 4 nitrogen and oxygen atoms in total. The molecule has 0 saturated carbocycles. The Balaban J connectivity index is 2.99. The Hall–Kier alpha value is -0.160. The quantitative estimate of drug-likeness (QED) is 0.474. The summed E-state index contributed by atoms with van der Waals surface area (Å²) < 4.78 is 0. The van der Waals surface area contributed by atoms with Gasteiger partial charge in [0, 0.05) is 0 Å². The lowest BCUT2D eigenvalue weighted by Crippen LogP contribution is -2.18. The van der Waals surface area contributed by atoms with Crippen LogP contribution in [0.25, 0.3) is 0 Å². The van der Waals surface area contributed by atoms with E-state index in [1.165, 1.54) is 21.3 Å². The van der Waals surface area contributed by atoms with E-state index in [1.54, 1.807) is 0 Å². The van der Waals surface area contributed by atoms with Crippen LogP contribution in [0.4, 0.5) is 0 Å². The molecule has 0 aliphatic rings. The molecule has 0 aromatic carbocycles. The first kappa shape index (κ1) is 6.84. The Morgan fingerprint density at radius 2 is 1.14 bits per heavy atom. The highest BCUT2D eigenvalue weighted by molar-refractivity contribution is 3.72. The highest BCUT2D eigenvalue weighted by Crippen LogP contribution is 1.83. The van der Waals surface area contributed by atoms with Gasteiger partial charge in [-0.05, 0) is 0 Å². The molecule has 0 fully saturated rings. The van der Waals surface area contributed by atoms with Crippen LogP contribution in [0, 0.1) is 0 Å². The summed E-state index contributed by atoms with van der Waals surface area (Å²) in [6.07, 6.45) is 0. The van der Waals surface area contributed by atoms with Gasteiger partial charge in [-0.2, -0.15) is 0 Å². The Labute approximate surface area is 42.4 Å². The van der Waals surface area contributed by atoms with Crippen molar-refractivity contribution in [1.29, 1.82) is 0 Å². The maximum atomic E-state index is 4.44. The minimum Gasteiger partial charge on any atom is -0.254 e. The van der Waals surface area contributed by atoms with Gasteiger partial charge >= 0.3 is 0 Å². The fourth-order valence-corrected chi connectivity index (χ4v) is 0.224. The summed E-state index contributed by atoms with van der Waals surface area (Å²) in [5.74, 6) is 0. The summed E-state index contributed by atoms with van der Waals surface area (Å²) in [6, 6.07) is 0. The molecule has 0 aliphatic heterocycles. The van der Waals surface area contributed by atoms with Crippen molar-refractivity contribution in [2.45, 2.75) is 0 Å². The molecule has 0 rings (SSSR count). The Kier molecular flexibility index (Phi) is 3.92. The van der Waals surface area contributed by atoms with Crippen molar-refractivity contribution < 1.29 is 14.5 Å². The number of rotatable bonds is 3. The number of hydrogen-bond donors (Lipinski definition) is 0. The fraction of sp³-hybridized carbons (Fsp3) is 1.00. The molecule has 0 unspecified atom stereocenters. The molecule has 0 spiro atoms. The molecule has 0 aromatic heterocycles. The second-order valence-electron chi connectivity index (χ2n) is 0.771. The predicted octanol–water partition coefficient (Wildman–Crippen LogP) is -0.0274. The summed E-state index contributed by atoms with van der Waals surface area (Å²) in [5.41, 5.74) is 0. The second kappa shape index (κ2) is 4.01. The van der Waals surface area contributed by atoms with Crippen LogP contribution in [-0.4, -0.2) is 26.7 Å². The lowest BCUT2D eigenvalue weighted by molar-refractivity contribution is -0.502. The van der Waals surface area contributed by atoms with Crippen molar-refractivity contribution in [3.05, 3.63) is 0 Å². The van der Waals surface area contributed by atoms with E-state index < -0.39 is 0 Å². The van der Waals surface area contributed by atoms with Crippen LogP contribution in [0.15, 0.2) is 0 Å². The maximum absolute atomic E-state index is 4.44. The average molecular weight is 107 g/mol. The minimum absolute atomic E-state index is 0.875. The van der Waals surface area contributed by atoms with E-state index in [0.717, 1.165) is 5.39 Å². The molecule has 0 saturated heterocycles. The minimum atomic E-state index is 0.875. The zero-order valence-corrected chi connectivity index (χ0v) is 4.67. The van der Waals surface area contributed by atoms with E-state index in [-0.39, 0.29) is 0 Å². The lowest BCUT2D eigenvalue weighted by Gasteiger charge is -2.10. The van der Waals surface area contributed by atoms with Gasteiger partial charge in [0.1, 0.15) is 0 Å². The summed E-state index contributed by atoms with van der Waals surface area (Å²) in [7, 11) is 4.31. The van der Waals surface area contributed by atoms with Crippen molar-refractivity contribution in [3.63, 3.8) is 0 Å². The van der Waals surface area contributed by atoms with E-state index >= 15 is 0 Å². The van der Waals surface area contributed by atoms with E-state index in [4.69, 9.17) is 0 Å². The summed E-state index contributed by atoms with van der Waals surface area (Å²) in [4.78, 5) is 13.3. The zero-order chi connectivity index (χ0) is 5.70. The Bertz CT molecular complexity index is 31.7. The first-order valence-corrected chi connectivity index (χ1v) is 1.77. The molecular weight excluding hydrogens is 98.0 g/mol. The van der Waals surface area contributed by atoms with Crippen molar-refractivity contribution in [2.24, 2.45) is 0 Å². The average Bonchev–Trinajstić information content (AvgIpc) is 1.72. The molecule has 0 radical (unpaired) electrons. The summed E-state index contributed by atoms with van der Waals surface area (Å²) >= 11 is 0. The van der Waals surface area contributed by atoms with E-state index in [0.29, 0.717) is 0 Å². The summed E-state index contributed by atoms with van der Waals surface area (Å²) in [6.45, 7) is 0. The number of hydrogen-bond acceptors (Lipinski definition) is 4. The van der Waals surface area contributed by atoms with Gasteiger partial charge in [-0.1, -0.05) is 0 Å². The van der Waals surface area contributed by atoms with Gasteiger partial charge in [-0.25, -0.2) is 0 Å². The molecule has 7 heavy (non-hydrogen) atoms. The predicted molar refractivity (Wildman–Crippen MR) is 22.9 cm³/mol. The first-order chi connectivity index (χ1) is 3.35. The number of nitrogens with zero attached hydrogens (tertiary/aromatic N) is 1. The molecule has 0 amide bonds. The van der Waals surface area contributed by atoms with Crippen LogP contribution in [0.1, 0.15) is 0 Å². The highest BCUT2D eigenvalue weighted by Gasteiger charge is 1.92. The van der Waals surface area contributed by atoms with Crippen LogP contribution >= 0.6 is 0 Å². The van der Waals surface area contributed by atoms with Gasteiger partial charge in [-0.3, -0.25) is 14.5 Å². The van der Waals surface area contributed by atoms with Crippen LogP contribution < -0.4 is 0 Å². The topological polar surface area (TPSA) is 30.9 Å². The van der Waals surface area contributed by atoms with Gasteiger partial charge in [0.15, 0.2) is 0 Å². The van der Waals surface area contributed by atoms with Crippen LogP contribution in [0.5, 0.6) is 0 Å². The molecule has 0 aromatic rings. The highest BCUT2D eigenvalue weighted by atomic mass is 17.2. The Morgan fingerprint density at radius 1 is 0.857 bits per heavy atom.